The first kappa shape index (κ1) is 25.5. The Labute approximate surface area is 145 Å². The van der Waals surface area contributed by atoms with Gasteiger partial charge in [0.15, 0.2) is 0 Å². The van der Waals surface area contributed by atoms with Gasteiger partial charge in [0.1, 0.15) is 22.7 Å². The molecule has 0 aromatic rings. The number of halogens is 2. The van der Waals surface area contributed by atoms with Gasteiger partial charge in [-0.1, -0.05) is 12.2 Å². The number of hydrogen-bond donors (Lipinski definition) is 4. The van der Waals surface area contributed by atoms with Crippen LogP contribution in [0.15, 0.2) is 35.5 Å². The van der Waals surface area contributed by atoms with Crippen molar-refractivity contribution in [2.24, 2.45) is 10.2 Å². The Balaban J connectivity index is -0.00000180. The van der Waals surface area contributed by atoms with Gasteiger partial charge in [-0.05, 0) is 27.7 Å². The summed E-state index contributed by atoms with van der Waals surface area (Å²) in [6.07, 6.45) is 3.36. The predicted molar refractivity (Wildman–Crippen MR) is 99.4 cm³/mol. The molecule has 0 radical (unpaired) electrons. The summed E-state index contributed by atoms with van der Waals surface area (Å²) >= 11 is 0. The minimum absolute atomic E-state index is 0. The highest BCUT2D eigenvalue weighted by atomic mass is 35.5. The molecular weight excluding hydrogens is 323 g/mol. The summed E-state index contributed by atoms with van der Waals surface area (Å²) in [6, 6.07) is 0. The molecule has 128 valence electrons. The lowest BCUT2D eigenvalue weighted by atomic mass is 10.0. The van der Waals surface area contributed by atoms with Crippen molar-refractivity contribution in [3.05, 3.63) is 25.3 Å². The van der Waals surface area contributed by atoms with Gasteiger partial charge in [-0.15, -0.1) is 38.0 Å². The Morgan fingerprint density at radius 2 is 1.14 bits per heavy atom. The van der Waals surface area contributed by atoms with Gasteiger partial charge in [-0.3, -0.25) is 10.8 Å². The first-order valence-electron chi connectivity index (χ1n) is 6.49. The zero-order valence-corrected chi connectivity index (χ0v) is 15.3. The van der Waals surface area contributed by atoms with Crippen molar-refractivity contribution in [3.63, 3.8) is 0 Å². The normalized spacial score (nSPS) is 10.9. The summed E-state index contributed by atoms with van der Waals surface area (Å²) in [5.41, 5.74) is -1.53. The molecule has 0 fully saturated rings. The number of hydrogen-bond acceptors (Lipinski definition) is 4. The Hall–Kier alpha value is -1.40. The van der Waals surface area contributed by atoms with Crippen LogP contribution < -0.4 is 10.6 Å². The van der Waals surface area contributed by atoms with E-state index in [0.717, 1.165) is 0 Å². The van der Waals surface area contributed by atoms with Gasteiger partial charge in [0.2, 0.25) is 0 Å². The van der Waals surface area contributed by atoms with Crippen LogP contribution in [0.5, 0.6) is 0 Å². The second-order valence-electron chi connectivity index (χ2n) is 5.41. The highest BCUT2D eigenvalue weighted by Crippen LogP contribution is 2.16. The fraction of sp³-hybridized carbons (Fsp3) is 0.571. The van der Waals surface area contributed by atoms with E-state index in [4.69, 9.17) is 10.8 Å². The van der Waals surface area contributed by atoms with Crippen LogP contribution in [0.4, 0.5) is 0 Å². The van der Waals surface area contributed by atoms with Crippen molar-refractivity contribution in [2.45, 2.75) is 38.8 Å². The summed E-state index contributed by atoms with van der Waals surface area (Å²) < 4.78 is 0. The molecule has 0 aromatic heterocycles. The fourth-order valence-corrected chi connectivity index (χ4v) is 1.13. The van der Waals surface area contributed by atoms with Gasteiger partial charge >= 0.3 is 0 Å². The summed E-state index contributed by atoms with van der Waals surface area (Å²) in [4.78, 5) is 0. The van der Waals surface area contributed by atoms with Crippen LogP contribution in [0, 0.1) is 10.8 Å². The highest BCUT2D eigenvalue weighted by molar-refractivity contribution is 5.89. The molecule has 4 N–H and O–H groups in total. The van der Waals surface area contributed by atoms with E-state index in [1.165, 1.54) is 0 Å². The standard InChI is InChI=1S/C14H26N6.2ClH/c1-7-9-17-11(15)13(3,4)19-20-14(5,6)12(16)18-10-8-2;;/h7-8H,1-2,9-10H2,3-6H3,(H2,15,17)(H2,16,18);2*1H/b20-19+;;. The molecule has 0 saturated heterocycles. The maximum atomic E-state index is 7.93. The molecule has 0 heterocycles. The first-order chi connectivity index (χ1) is 9.17. The Morgan fingerprint density at radius 3 is 1.36 bits per heavy atom. The molecule has 0 saturated carbocycles. The van der Waals surface area contributed by atoms with Crippen molar-refractivity contribution in [1.29, 1.82) is 10.8 Å². The van der Waals surface area contributed by atoms with E-state index in [9.17, 15) is 0 Å². The Bertz CT molecular complexity index is 378. The van der Waals surface area contributed by atoms with E-state index in [1.807, 2.05) is 0 Å². The maximum Gasteiger partial charge on any atom is 0.132 e. The van der Waals surface area contributed by atoms with Gasteiger partial charge in [0.25, 0.3) is 0 Å². The van der Waals surface area contributed by atoms with Crippen LogP contribution in [-0.4, -0.2) is 35.8 Å². The van der Waals surface area contributed by atoms with Crippen molar-refractivity contribution in [3.8, 4) is 0 Å². The van der Waals surface area contributed by atoms with Crippen LogP contribution in [-0.2, 0) is 0 Å². The van der Waals surface area contributed by atoms with E-state index in [-0.39, 0.29) is 36.5 Å². The molecule has 8 heteroatoms. The summed E-state index contributed by atoms with van der Waals surface area (Å²) in [5.74, 6) is 0.532. The van der Waals surface area contributed by atoms with Crippen LogP contribution in [0.25, 0.3) is 0 Å². The lowest BCUT2D eigenvalue weighted by Crippen LogP contribution is -2.43. The van der Waals surface area contributed by atoms with Crippen LogP contribution in [0.3, 0.4) is 0 Å². The molecule has 0 atom stereocenters. The predicted octanol–water partition coefficient (Wildman–Crippen LogP) is 3.35. The summed E-state index contributed by atoms with van der Waals surface area (Å²) in [7, 11) is 0. The van der Waals surface area contributed by atoms with E-state index in [0.29, 0.717) is 13.1 Å². The molecule has 0 bridgehead atoms. The maximum absolute atomic E-state index is 7.93. The number of azo groups is 1. The summed E-state index contributed by atoms with van der Waals surface area (Å²) in [5, 5.41) is 30.1. The van der Waals surface area contributed by atoms with Crippen LogP contribution in [0.1, 0.15) is 27.7 Å². The molecule has 0 aliphatic rings. The second-order valence-corrected chi connectivity index (χ2v) is 5.41. The molecule has 0 amide bonds. The lowest BCUT2D eigenvalue weighted by Gasteiger charge is -2.24. The minimum atomic E-state index is -0.765. The quantitative estimate of drug-likeness (QED) is 0.233. The number of amidine groups is 2. The molecule has 0 rings (SSSR count). The zero-order valence-electron chi connectivity index (χ0n) is 13.7. The third kappa shape index (κ3) is 8.79. The number of rotatable bonds is 8. The van der Waals surface area contributed by atoms with E-state index >= 15 is 0 Å². The van der Waals surface area contributed by atoms with Gasteiger partial charge in [-0.2, -0.15) is 10.2 Å². The Kier molecular flexibility index (Phi) is 13.0. The summed E-state index contributed by atoms with van der Waals surface area (Å²) in [6.45, 7) is 15.4. The van der Waals surface area contributed by atoms with Crippen molar-refractivity contribution < 1.29 is 0 Å². The molecule has 22 heavy (non-hydrogen) atoms. The molecule has 0 aliphatic heterocycles. The SMILES string of the molecule is C=CCNC(=N)C(C)(C)/N=N/C(C)(C)C(=N)NCC=C.Cl.Cl. The van der Waals surface area contributed by atoms with Gasteiger partial charge in [0, 0.05) is 13.1 Å². The second kappa shape index (κ2) is 11.2. The van der Waals surface area contributed by atoms with E-state index < -0.39 is 11.1 Å². The molecular formula is C14H28Cl2N6. The number of nitrogens with one attached hydrogen (secondary N) is 4. The monoisotopic (exact) mass is 350 g/mol. The van der Waals surface area contributed by atoms with E-state index in [1.54, 1.807) is 39.8 Å². The average Bonchev–Trinajstić information content (AvgIpc) is 2.39. The Morgan fingerprint density at radius 1 is 0.864 bits per heavy atom. The van der Waals surface area contributed by atoms with Crippen molar-refractivity contribution >= 4 is 36.5 Å². The highest BCUT2D eigenvalue weighted by Gasteiger charge is 2.27. The zero-order chi connectivity index (χ0) is 15.8. The molecule has 0 aliphatic carbocycles. The third-order valence-electron chi connectivity index (χ3n) is 2.62. The van der Waals surface area contributed by atoms with Gasteiger partial charge < -0.3 is 10.6 Å². The smallest absolute Gasteiger partial charge is 0.132 e. The van der Waals surface area contributed by atoms with Gasteiger partial charge in [0.05, 0.1) is 0 Å². The fourth-order valence-electron chi connectivity index (χ4n) is 1.13. The largest absolute Gasteiger partial charge is 0.368 e. The number of nitrogens with zero attached hydrogens (tertiary/aromatic N) is 2. The first-order valence-corrected chi connectivity index (χ1v) is 6.49. The van der Waals surface area contributed by atoms with Gasteiger partial charge in [-0.25, -0.2) is 0 Å². The average molecular weight is 351 g/mol. The topological polar surface area (TPSA) is 96.5 Å². The third-order valence-corrected chi connectivity index (χ3v) is 2.62. The van der Waals surface area contributed by atoms with Crippen LogP contribution in [0.2, 0.25) is 0 Å². The molecule has 6 nitrogen and oxygen atoms in total. The molecule has 0 spiro atoms. The minimum Gasteiger partial charge on any atom is -0.368 e. The van der Waals surface area contributed by atoms with E-state index in [2.05, 4.69) is 34.0 Å². The molecule has 0 aromatic carbocycles. The van der Waals surface area contributed by atoms with Crippen LogP contribution >= 0.6 is 24.8 Å². The lowest BCUT2D eigenvalue weighted by molar-refractivity contribution is 0.544. The molecule has 0 unspecified atom stereocenters. The van der Waals surface area contributed by atoms with Crippen molar-refractivity contribution in [2.75, 3.05) is 13.1 Å². The van der Waals surface area contributed by atoms with Crippen molar-refractivity contribution in [1.82, 2.24) is 10.6 Å².